The Morgan fingerprint density at radius 2 is 1.68 bits per heavy atom. The number of benzene rings is 1. The summed E-state index contributed by atoms with van der Waals surface area (Å²) in [6.45, 7) is -0.441. The lowest BCUT2D eigenvalue weighted by Crippen LogP contribution is -2.60. The Morgan fingerprint density at radius 1 is 1.05 bits per heavy atom. The van der Waals surface area contributed by atoms with Crippen LogP contribution in [0, 0.1) is 0 Å². The molecule has 0 aromatic heterocycles. The highest BCUT2D eigenvalue weighted by atomic mass is 79.9. The van der Waals surface area contributed by atoms with E-state index in [1.165, 1.54) is 0 Å². The van der Waals surface area contributed by atoms with Crippen LogP contribution in [0.3, 0.4) is 0 Å². The molecular formula is C12H16BrNO5. The molecule has 0 radical (unpaired) electrons. The second-order valence-corrected chi connectivity index (χ2v) is 5.32. The van der Waals surface area contributed by atoms with Crippen molar-refractivity contribution in [3.63, 3.8) is 0 Å². The van der Waals surface area contributed by atoms with Crippen LogP contribution in [-0.2, 0) is 4.74 Å². The molecule has 5 N–H and O–H groups in total. The van der Waals surface area contributed by atoms with Crippen molar-refractivity contribution in [3.8, 4) is 0 Å². The molecule has 1 heterocycles. The highest BCUT2D eigenvalue weighted by molar-refractivity contribution is 9.10. The van der Waals surface area contributed by atoms with Gasteiger partial charge in [0, 0.05) is 10.2 Å². The molecular weight excluding hydrogens is 318 g/mol. The quantitative estimate of drug-likeness (QED) is 0.518. The van der Waals surface area contributed by atoms with Gasteiger partial charge in [-0.25, -0.2) is 0 Å². The Labute approximate surface area is 118 Å². The number of ether oxygens (including phenoxy) is 1. The van der Waals surface area contributed by atoms with Gasteiger partial charge in [0.25, 0.3) is 0 Å². The van der Waals surface area contributed by atoms with Gasteiger partial charge in [-0.3, -0.25) is 0 Å². The molecule has 1 saturated heterocycles. The number of nitrogens with one attached hydrogen (secondary N) is 1. The maximum atomic E-state index is 9.85. The summed E-state index contributed by atoms with van der Waals surface area (Å²) in [6.07, 6.45) is -5.83. The summed E-state index contributed by atoms with van der Waals surface area (Å²) in [5, 5.41) is 41.1. The Kier molecular flexibility index (Phi) is 4.77. The number of rotatable bonds is 3. The first-order valence-corrected chi connectivity index (χ1v) is 6.65. The average molecular weight is 334 g/mol. The summed E-state index contributed by atoms with van der Waals surface area (Å²) in [4.78, 5) is 0. The van der Waals surface area contributed by atoms with Gasteiger partial charge in [0.2, 0.25) is 0 Å². The molecule has 0 unspecified atom stereocenters. The van der Waals surface area contributed by atoms with E-state index in [1.807, 2.05) is 12.1 Å². The molecule has 7 heteroatoms. The van der Waals surface area contributed by atoms with Gasteiger partial charge in [-0.05, 0) is 24.3 Å². The summed E-state index contributed by atoms with van der Waals surface area (Å²) in [5.74, 6) is 0. The molecule has 0 amide bonds. The molecule has 1 fully saturated rings. The van der Waals surface area contributed by atoms with Gasteiger partial charge < -0.3 is 30.5 Å². The van der Waals surface area contributed by atoms with Crippen LogP contribution in [0.25, 0.3) is 0 Å². The van der Waals surface area contributed by atoms with Crippen molar-refractivity contribution in [3.05, 3.63) is 28.7 Å². The van der Waals surface area contributed by atoms with Crippen molar-refractivity contribution in [2.75, 3.05) is 11.9 Å². The highest BCUT2D eigenvalue weighted by Gasteiger charge is 2.43. The molecule has 0 bridgehead atoms. The van der Waals surface area contributed by atoms with Crippen LogP contribution < -0.4 is 5.32 Å². The van der Waals surface area contributed by atoms with Crippen molar-refractivity contribution in [1.29, 1.82) is 0 Å². The van der Waals surface area contributed by atoms with E-state index in [0.717, 1.165) is 4.47 Å². The zero-order chi connectivity index (χ0) is 14.0. The van der Waals surface area contributed by atoms with Gasteiger partial charge in [0.1, 0.15) is 24.4 Å². The summed E-state index contributed by atoms with van der Waals surface area (Å²) >= 11 is 3.31. The number of anilines is 1. The third-order valence-corrected chi connectivity index (χ3v) is 3.57. The maximum Gasteiger partial charge on any atom is 0.157 e. The first kappa shape index (κ1) is 14.7. The van der Waals surface area contributed by atoms with Crippen molar-refractivity contribution in [2.45, 2.75) is 30.6 Å². The largest absolute Gasteiger partial charge is 0.394 e. The molecule has 5 atom stereocenters. The second-order valence-electron chi connectivity index (χ2n) is 4.40. The van der Waals surface area contributed by atoms with E-state index in [9.17, 15) is 15.3 Å². The molecule has 1 aromatic rings. The lowest BCUT2D eigenvalue weighted by molar-refractivity contribution is -0.221. The normalized spacial score (nSPS) is 35.1. The van der Waals surface area contributed by atoms with Crippen LogP contribution in [0.15, 0.2) is 28.7 Å². The Bertz CT molecular complexity index is 413. The van der Waals surface area contributed by atoms with Gasteiger partial charge in [0.15, 0.2) is 6.23 Å². The molecule has 106 valence electrons. The summed E-state index contributed by atoms with van der Waals surface area (Å²) in [5.41, 5.74) is 0.688. The summed E-state index contributed by atoms with van der Waals surface area (Å²) in [6, 6.07) is 7.16. The standard InChI is InChI=1S/C12H16BrNO5/c13-6-1-3-7(4-2-6)14-12-11(18)10(17)9(16)8(5-15)19-12/h1-4,8-12,14-18H,5H2/t8-,9-,10+,11-,12-/m1/s1. The molecule has 6 nitrogen and oxygen atoms in total. The first-order valence-electron chi connectivity index (χ1n) is 5.85. The monoisotopic (exact) mass is 333 g/mol. The van der Waals surface area contributed by atoms with Gasteiger partial charge in [-0.1, -0.05) is 15.9 Å². The predicted octanol–water partition coefficient (Wildman–Crippen LogP) is -0.339. The molecule has 2 rings (SSSR count). The van der Waals surface area contributed by atoms with E-state index in [4.69, 9.17) is 9.84 Å². The lowest BCUT2D eigenvalue weighted by Gasteiger charge is -2.40. The fourth-order valence-electron chi connectivity index (χ4n) is 1.93. The number of aliphatic hydroxyl groups is 4. The van der Waals surface area contributed by atoms with Gasteiger partial charge in [-0.15, -0.1) is 0 Å². The molecule has 19 heavy (non-hydrogen) atoms. The van der Waals surface area contributed by atoms with Crippen molar-refractivity contribution in [1.82, 2.24) is 0 Å². The Morgan fingerprint density at radius 3 is 2.26 bits per heavy atom. The molecule has 1 aliphatic heterocycles. The SMILES string of the molecule is OC[C@H]1O[C@@H](Nc2ccc(Br)cc2)[C@H](O)[C@@H](O)[C@@H]1O. The van der Waals surface area contributed by atoms with Crippen molar-refractivity contribution >= 4 is 21.6 Å². The second kappa shape index (κ2) is 6.17. The zero-order valence-electron chi connectivity index (χ0n) is 9.98. The Hall–Kier alpha value is -0.700. The fraction of sp³-hybridized carbons (Fsp3) is 0.500. The van der Waals surface area contributed by atoms with Crippen LogP contribution >= 0.6 is 15.9 Å². The average Bonchev–Trinajstić information content (AvgIpc) is 2.42. The number of halogens is 1. The predicted molar refractivity (Wildman–Crippen MR) is 71.5 cm³/mol. The number of hydrogen-bond acceptors (Lipinski definition) is 6. The minimum atomic E-state index is -1.38. The zero-order valence-corrected chi connectivity index (χ0v) is 11.6. The molecule has 0 spiro atoms. The van der Waals surface area contributed by atoms with E-state index in [1.54, 1.807) is 12.1 Å². The number of aliphatic hydroxyl groups excluding tert-OH is 4. The van der Waals surface area contributed by atoms with E-state index in [0.29, 0.717) is 5.69 Å². The van der Waals surface area contributed by atoms with Crippen LogP contribution in [-0.4, -0.2) is 57.7 Å². The van der Waals surface area contributed by atoms with Gasteiger partial charge in [0.05, 0.1) is 6.61 Å². The van der Waals surface area contributed by atoms with Crippen LogP contribution in [0.4, 0.5) is 5.69 Å². The third-order valence-electron chi connectivity index (χ3n) is 3.05. The molecule has 1 aliphatic rings. The molecule has 0 saturated carbocycles. The lowest BCUT2D eigenvalue weighted by atomic mass is 9.98. The summed E-state index contributed by atoms with van der Waals surface area (Å²) in [7, 11) is 0. The minimum Gasteiger partial charge on any atom is -0.394 e. The molecule has 1 aromatic carbocycles. The van der Waals surface area contributed by atoms with Gasteiger partial charge >= 0.3 is 0 Å². The van der Waals surface area contributed by atoms with Gasteiger partial charge in [-0.2, -0.15) is 0 Å². The fourth-order valence-corrected chi connectivity index (χ4v) is 2.20. The van der Waals surface area contributed by atoms with Crippen molar-refractivity contribution < 1.29 is 25.2 Å². The van der Waals surface area contributed by atoms with Crippen LogP contribution in [0.2, 0.25) is 0 Å². The minimum absolute atomic E-state index is 0.441. The van der Waals surface area contributed by atoms with Crippen LogP contribution in [0.1, 0.15) is 0 Å². The first-order chi connectivity index (χ1) is 9.02. The topological polar surface area (TPSA) is 102 Å². The smallest absolute Gasteiger partial charge is 0.157 e. The Balaban J connectivity index is 2.08. The third kappa shape index (κ3) is 3.25. The molecule has 0 aliphatic carbocycles. The van der Waals surface area contributed by atoms with E-state index in [2.05, 4.69) is 21.2 Å². The highest BCUT2D eigenvalue weighted by Crippen LogP contribution is 2.23. The van der Waals surface area contributed by atoms with Crippen molar-refractivity contribution in [2.24, 2.45) is 0 Å². The van der Waals surface area contributed by atoms with Crippen LogP contribution in [0.5, 0.6) is 0 Å². The van der Waals surface area contributed by atoms with E-state index < -0.39 is 37.3 Å². The van der Waals surface area contributed by atoms with E-state index in [-0.39, 0.29) is 0 Å². The summed E-state index contributed by atoms with van der Waals surface area (Å²) < 4.78 is 6.24. The maximum absolute atomic E-state index is 9.85. The number of hydrogen-bond donors (Lipinski definition) is 5. The van der Waals surface area contributed by atoms with E-state index >= 15 is 0 Å².